The summed E-state index contributed by atoms with van der Waals surface area (Å²) in [5.74, 6) is 0. The molecule has 1 heterocycles. The number of rotatable bonds is 3. The van der Waals surface area contributed by atoms with Crippen LogP contribution in [0.1, 0.15) is 22.7 Å². The summed E-state index contributed by atoms with van der Waals surface area (Å²) in [7, 11) is 0. The van der Waals surface area contributed by atoms with Crippen molar-refractivity contribution in [2.24, 2.45) is 5.73 Å². The maximum Gasteiger partial charge on any atom is 0.0632 e. The van der Waals surface area contributed by atoms with Crippen LogP contribution in [0, 0.1) is 0 Å². The van der Waals surface area contributed by atoms with Gasteiger partial charge in [-0.1, -0.05) is 6.92 Å². The van der Waals surface area contributed by atoms with E-state index in [1.54, 1.807) is 11.3 Å². The normalized spacial score (nSPS) is 13.4. The smallest absolute Gasteiger partial charge is 0.0632 e. The summed E-state index contributed by atoms with van der Waals surface area (Å²) >= 11 is 1.68. The first-order valence-corrected chi connectivity index (χ1v) is 4.54. The molecule has 0 aromatic carbocycles. The van der Waals surface area contributed by atoms with E-state index in [1.807, 2.05) is 6.07 Å². The summed E-state index contributed by atoms with van der Waals surface area (Å²) < 4.78 is 0. The Labute approximate surface area is 70.7 Å². The molecule has 3 N–H and O–H groups in total. The predicted octanol–water partition coefficient (Wildman–Crippen LogP) is 1.30. The van der Waals surface area contributed by atoms with Gasteiger partial charge in [-0.2, -0.15) is 0 Å². The third-order valence-corrected chi connectivity index (χ3v) is 2.95. The number of thiophene rings is 1. The highest BCUT2D eigenvalue weighted by Crippen LogP contribution is 2.21. The molecule has 1 rings (SSSR count). The third kappa shape index (κ3) is 2.02. The predicted molar refractivity (Wildman–Crippen MR) is 47.7 cm³/mol. The van der Waals surface area contributed by atoms with Crippen molar-refractivity contribution in [1.82, 2.24) is 0 Å². The van der Waals surface area contributed by atoms with Gasteiger partial charge in [-0.3, -0.25) is 0 Å². The molecule has 0 bridgehead atoms. The lowest BCUT2D eigenvalue weighted by Crippen LogP contribution is -2.12. The molecule has 11 heavy (non-hydrogen) atoms. The minimum atomic E-state index is -0.194. The Hall–Kier alpha value is -0.380. The molecular formula is C8H13NOS. The van der Waals surface area contributed by atoms with Crippen LogP contribution in [0.15, 0.2) is 12.1 Å². The first-order valence-electron chi connectivity index (χ1n) is 3.73. The largest absolute Gasteiger partial charge is 0.394 e. The van der Waals surface area contributed by atoms with Gasteiger partial charge in [0.05, 0.1) is 12.6 Å². The van der Waals surface area contributed by atoms with E-state index in [2.05, 4.69) is 13.0 Å². The van der Waals surface area contributed by atoms with E-state index in [1.165, 1.54) is 4.88 Å². The zero-order valence-corrected chi connectivity index (χ0v) is 7.40. The van der Waals surface area contributed by atoms with E-state index in [0.29, 0.717) is 0 Å². The van der Waals surface area contributed by atoms with Crippen molar-refractivity contribution < 1.29 is 5.11 Å². The van der Waals surface area contributed by atoms with Crippen molar-refractivity contribution in [2.75, 3.05) is 6.61 Å². The zero-order valence-electron chi connectivity index (χ0n) is 6.58. The van der Waals surface area contributed by atoms with Crippen LogP contribution in [-0.4, -0.2) is 11.7 Å². The molecule has 0 fully saturated rings. The second kappa shape index (κ2) is 3.85. The Morgan fingerprint density at radius 1 is 1.64 bits per heavy atom. The maximum atomic E-state index is 8.75. The van der Waals surface area contributed by atoms with Gasteiger partial charge >= 0.3 is 0 Å². The fourth-order valence-electron chi connectivity index (χ4n) is 0.874. The van der Waals surface area contributed by atoms with Crippen LogP contribution in [0.2, 0.25) is 0 Å². The van der Waals surface area contributed by atoms with Crippen molar-refractivity contribution in [3.63, 3.8) is 0 Å². The number of aliphatic hydroxyl groups is 1. The lowest BCUT2D eigenvalue weighted by molar-refractivity contribution is 0.269. The van der Waals surface area contributed by atoms with Gasteiger partial charge in [0, 0.05) is 9.75 Å². The van der Waals surface area contributed by atoms with Gasteiger partial charge in [0.1, 0.15) is 0 Å². The second-order valence-corrected chi connectivity index (χ2v) is 3.65. The van der Waals surface area contributed by atoms with Crippen LogP contribution in [0.5, 0.6) is 0 Å². The van der Waals surface area contributed by atoms with E-state index in [-0.39, 0.29) is 12.6 Å². The lowest BCUT2D eigenvalue weighted by atomic mass is 10.3. The summed E-state index contributed by atoms with van der Waals surface area (Å²) in [6, 6.07) is 3.86. The first kappa shape index (κ1) is 8.71. The van der Waals surface area contributed by atoms with Crippen molar-refractivity contribution in [2.45, 2.75) is 19.4 Å². The molecule has 2 nitrogen and oxygen atoms in total. The molecule has 0 aliphatic rings. The van der Waals surface area contributed by atoms with Gasteiger partial charge in [-0.15, -0.1) is 11.3 Å². The molecule has 0 aliphatic heterocycles. The first-order chi connectivity index (χ1) is 5.27. The van der Waals surface area contributed by atoms with Gasteiger partial charge in [0.2, 0.25) is 0 Å². The lowest BCUT2D eigenvalue weighted by Gasteiger charge is -2.02. The summed E-state index contributed by atoms with van der Waals surface area (Å²) in [5, 5.41) is 8.75. The molecule has 0 aliphatic carbocycles. The summed E-state index contributed by atoms with van der Waals surface area (Å²) in [6.45, 7) is 2.14. The van der Waals surface area contributed by atoms with Gasteiger partial charge in [0.25, 0.3) is 0 Å². The van der Waals surface area contributed by atoms with E-state index >= 15 is 0 Å². The molecule has 3 heteroatoms. The molecule has 0 saturated heterocycles. The molecule has 62 valence electrons. The van der Waals surface area contributed by atoms with Gasteiger partial charge < -0.3 is 10.8 Å². The minimum Gasteiger partial charge on any atom is -0.394 e. The number of aryl methyl sites for hydroxylation is 1. The summed E-state index contributed by atoms with van der Waals surface area (Å²) in [4.78, 5) is 2.40. The summed E-state index contributed by atoms with van der Waals surface area (Å²) in [6.07, 6.45) is 1.04. The van der Waals surface area contributed by atoms with Crippen molar-refractivity contribution >= 4 is 11.3 Å². The van der Waals surface area contributed by atoms with E-state index in [4.69, 9.17) is 10.8 Å². The summed E-state index contributed by atoms with van der Waals surface area (Å²) in [5.41, 5.74) is 5.62. The molecule has 0 amide bonds. The number of nitrogens with two attached hydrogens (primary N) is 1. The highest BCUT2D eigenvalue weighted by atomic mass is 32.1. The van der Waals surface area contributed by atoms with Gasteiger partial charge in [-0.25, -0.2) is 0 Å². The van der Waals surface area contributed by atoms with E-state index < -0.39 is 0 Å². The Morgan fingerprint density at radius 3 is 2.82 bits per heavy atom. The molecular weight excluding hydrogens is 158 g/mol. The molecule has 0 unspecified atom stereocenters. The monoisotopic (exact) mass is 171 g/mol. The van der Waals surface area contributed by atoms with Crippen LogP contribution < -0.4 is 5.73 Å². The Bertz CT molecular complexity index is 222. The highest BCUT2D eigenvalue weighted by molar-refractivity contribution is 7.12. The minimum absolute atomic E-state index is 0.0314. The number of hydrogen-bond acceptors (Lipinski definition) is 3. The van der Waals surface area contributed by atoms with Crippen molar-refractivity contribution in [3.05, 3.63) is 21.9 Å². The molecule has 1 aromatic rings. The second-order valence-electron chi connectivity index (χ2n) is 2.45. The third-order valence-electron chi connectivity index (χ3n) is 1.59. The van der Waals surface area contributed by atoms with Crippen molar-refractivity contribution in [1.29, 1.82) is 0 Å². The van der Waals surface area contributed by atoms with Crippen LogP contribution in [-0.2, 0) is 6.42 Å². The quantitative estimate of drug-likeness (QED) is 0.720. The molecule has 0 saturated carbocycles. The van der Waals surface area contributed by atoms with Gasteiger partial charge in [-0.05, 0) is 18.6 Å². The average molecular weight is 171 g/mol. The van der Waals surface area contributed by atoms with Crippen LogP contribution in [0.25, 0.3) is 0 Å². The molecule has 1 aromatic heterocycles. The molecule has 0 radical (unpaired) electrons. The average Bonchev–Trinajstić information content (AvgIpc) is 2.50. The number of aliphatic hydroxyl groups excluding tert-OH is 1. The van der Waals surface area contributed by atoms with Crippen LogP contribution in [0.4, 0.5) is 0 Å². The fourth-order valence-corrected chi connectivity index (χ4v) is 1.82. The Balaban J connectivity index is 2.71. The van der Waals surface area contributed by atoms with E-state index in [0.717, 1.165) is 11.3 Å². The Kier molecular flexibility index (Phi) is 3.05. The van der Waals surface area contributed by atoms with Crippen molar-refractivity contribution in [3.8, 4) is 0 Å². The van der Waals surface area contributed by atoms with Crippen LogP contribution in [0.3, 0.4) is 0 Å². The zero-order chi connectivity index (χ0) is 8.27. The molecule has 0 spiro atoms. The highest BCUT2D eigenvalue weighted by Gasteiger charge is 2.06. The van der Waals surface area contributed by atoms with E-state index in [9.17, 15) is 0 Å². The van der Waals surface area contributed by atoms with Gasteiger partial charge in [0.15, 0.2) is 0 Å². The SMILES string of the molecule is CCc1ccc([C@H](N)CO)s1. The standard InChI is InChI=1S/C8H13NOS/c1-2-6-3-4-8(11-6)7(9)5-10/h3-4,7,10H,2,5,9H2,1H3/t7-/m1/s1. The molecule has 1 atom stereocenters. The van der Waals surface area contributed by atoms with Crippen LogP contribution >= 0.6 is 11.3 Å². The topological polar surface area (TPSA) is 46.2 Å². The fraction of sp³-hybridized carbons (Fsp3) is 0.500. The maximum absolute atomic E-state index is 8.75. The number of hydrogen-bond donors (Lipinski definition) is 2. The Morgan fingerprint density at radius 2 is 2.36 bits per heavy atom.